The number of sulfonamides is 1. The highest BCUT2D eigenvalue weighted by atomic mass is 35.5. The van der Waals surface area contributed by atoms with E-state index in [1.165, 1.54) is 36.0 Å². The zero-order chi connectivity index (χ0) is 22.8. The lowest BCUT2D eigenvalue weighted by molar-refractivity contribution is 0.102. The van der Waals surface area contributed by atoms with Crippen LogP contribution in [0.3, 0.4) is 0 Å². The summed E-state index contributed by atoms with van der Waals surface area (Å²) in [4.78, 5) is 15.1. The van der Waals surface area contributed by atoms with Gasteiger partial charge in [0, 0.05) is 31.9 Å². The number of hydrogen-bond acceptors (Lipinski definition) is 4. The van der Waals surface area contributed by atoms with Crippen molar-refractivity contribution in [3.8, 4) is 0 Å². The molecule has 0 saturated carbocycles. The summed E-state index contributed by atoms with van der Waals surface area (Å²) in [5.74, 6) is -0.504. The van der Waals surface area contributed by atoms with Crippen LogP contribution >= 0.6 is 23.2 Å². The molecule has 31 heavy (non-hydrogen) atoms. The predicted molar refractivity (Wildman–Crippen MR) is 127 cm³/mol. The van der Waals surface area contributed by atoms with Crippen molar-refractivity contribution in [3.63, 3.8) is 0 Å². The average Bonchev–Trinajstić information content (AvgIpc) is 2.73. The lowest BCUT2D eigenvalue weighted by Crippen LogP contribution is -2.33. The Labute approximate surface area is 194 Å². The van der Waals surface area contributed by atoms with Crippen LogP contribution in [-0.4, -0.2) is 44.8 Å². The van der Waals surface area contributed by atoms with Gasteiger partial charge in [-0.3, -0.25) is 4.79 Å². The molecule has 1 aliphatic rings. The van der Waals surface area contributed by atoms with Gasteiger partial charge in [0.2, 0.25) is 10.0 Å². The van der Waals surface area contributed by atoms with Gasteiger partial charge < -0.3 is 10.2 Å². The summed E-state index contributed by atoms with van der Waals surface area (Å²) >= 11 is 12.7. The van der Waals surface area contributed by atoms with Crippen molar-refractivity contribution in [2.24, 2.45) is 0 Å². The van der Waals surface area contributed by atoms with E-state index in [0.717, 1.165) is 31.6 Å². The molecule has 1 aliphatic heterocycles. The first-order valence-corrected chi connectivity index (χ1v) is 12.4. The summed E-state index contributed by atoms with van der Waals surface area (Å²) in [5, 5.41) is 3.49. The molecule has 1 amide bonds. The Morgan fingerprint density at radius 2 is 1.71 bits per heavy atom. The SMILES string of the molecule is CC(C)N(C)S(=O)(=O)c1ccc(Cl)c(C(=O)Nc2ccc(N3CCCCC3)c(Cl)c2)c1. The van der Waals surface area contributed by atoms with E-state index < -0.39 is 15.9 Å². The normalized spacial score (nSPS) is 14.9. The first kappa shape index (κ1) is 23.9. The number of hydrogen-bond donors (Lipinski definition) is 1. The molecule has 0 unspecified atom stereocenters. The minimum Gasteiger partial charge on any atom is -0.370 e. The highest BCUT2D eigenvalue weighted by Gasteiger charge is 2.25. The molecule has 0 aliphatic carbocycles. The smallest absolute Gasteiger partial charge is 0.257 e. The van der Waals surface area contributed by atoms with Crippen molar-refractivity contribution in [3.05, 3.63) is 52.0 Å². The van der Waals surface area contributed by atoms with Crippen LogP contribution in [0, 0.1) is 0 Å². The van der Waals surface area contributed by atoms with E-state index in [9.17, 15) is 13.2 Å². The third-order valence-electron chi connectivity index (χ3n) is 5.49. The minimum atomic E-state index is -3.74. The highest BCUT2D eigenvalue weighted by molar-refractivity contribution is 7.89. The lowest BCUT2D eigenvalue weighted by atomic mass is 10.1. The van der Waals surface area contributed by atoms with Crippen molar-refractivity contribution in [2.75, 3.05) is 30.4 Å². The summed E-state index contributed by atoms with van der Waals surface area (Å²) in [5.41, 5.74) is 1.54. The molecule has 2 aromatic rings. The number of carbonyl (C=O) groups is 1. The number of benzene rings is 2. The largest absolute Gasteiger partial charge is 0.370 e. The fourth-order valence-electron chi connectivity index (χ4n) is 3.46. The van der Waals surface area contributed by atoms with Crippen LogP contribution in [0.15, 0.2) is 41.3 Å². The van der Waals surface area contributed by atoms with Crippen molar-refractivity contribution >= 4 is 50.5 Å². The van der Waals surface area contributed by atoms with Crippen molar-refractivity contribution in [1.29, 1.82) is 0 Å². The van der Waals surface area contributed by atoms with E-state index >= 15 is 0 Å². The van der Waals surface area contributed by atoms with Crippen LogP contribution in [0.25, 0.3) is 0 Å². The lowest BCUT2D eigenvalue weighted by Gasteiger charge is -2.29. The van der Waals surface area contributed by atoms with Gasteiger partial charge in [0.1, 0.15) is 0 Å². The van der Waals surface area contributed by atoms with Crippen LogP contribution in [0.5, 0.6) is 0 Å². The minimum absolute atomic E-state index is 0.0109. The zero-order valence-corrected chi connectivity index (χ0v) is 20.2. The maximum absolute atomic E-state index is 12.9. The van der Waals surface area contributed by atoms with Gasteiger partial charge in [-0.15, -0.1) is 0 Å². The molecule has 0 aromatic heterocycles. The number of rotatable bonds is 6. The molecule has 0 radical (unpaired) electrons. The topological polar surface area (TPSA) is 69.7 Å². The first-order chi connectivity index (χ1) is 14.6. The standard InChI is InChI=1S/C22H27Cl2N3O3S/c1-15(2)26(3)31(29,30)17-8-9-19(23)18(14-17)22(28)25-16-7-10-21(20(24)13-16)27-11-5-4-6-12-27/h7-10,13-15H,4-6,11-12H2,1-3H3,(H,25,28). The van der Waals surface area contributed by atoms with E-state index in [1.807, 2.05) is 6.07 Å². The number of anilines is 2. The van der Waals surface area contributed by atoms with E-state index in [0.29, 0.717) is 10.7 Å². The fraction of sp³-hybridized carbons (Fsp3) is 0.409. The van der Waals surface area contributed by atoms with Crippen LogP contribution < -0.4 is 10.2 Å². The molecule has 3 rings (SSSR count). The molecule has 0 bridgehead atoms. The van der Waals surface area contributed by atoms with Gasteiger partial charge in [-0.1, -0.05) is 23.2 Å². The molecule has 1 fully saturated rings. The Balaban J connectivity index is 1.83. The Bertz CT molecular complexity index is 1070. The molecular weight excluding hydrogens is 457 g/mol. The maximum Gasteiger partial charge on any atom is 0.257 e. The molecule has 168 valence electrons. The van der Waals surface area contributed by atoms with Crippen LogP contribution in [0.2, 0.25) is 10.0 Å². The monoisotopic (exact) mass is 483 g/mol. The number of amides is 1. The Morgan fingerprint density at radius 3 is 2.32 bits per heavy atom. The highest BCUT2D eigenvalue weighted by Crippen LogP contribution is 2.31. The van der Waals surface area contributed by atoms with Gasteiger partial charge in [-0.05, 0) is 69.5 Å². The maximum atomic E-state index is 12.9. The second kappa shape index (κ2) is 9.77. The van der Waals surface area contributed by atoms with Gasteiger partial charge in [-0.2, -0.15) is 4.31 Å². The molecule has 6 nitrogen and oxygen atoms in total. The van der Waals surface area contributed by atoms with Gasteiger partial charge in [-0.25, -0.2) is 8.42 Å². The Hall–Kier alpha value is -1.80. The van der Waals surface area contributed by atoms with Gasteiger partial charge in [0.25, 0.3) is 5.91 Å². The summed E-state index contributed by atoms with van der Waals surface area (Å²) in [6, 6.07) is 9.28. The summed E-state index contributed by atoms with van der Waals surface area (Å²) in [6.07, 6.45) is 3.50. The van der Waals surface area contributed by atoms with E-state index in [1.54, 1.807) is 26.0 Å². The van der Waals surface area contributed by atoms with Crippen molar-refractivity contribution in [2.45, 2.75) is 44.0 Å². The second-order valence-electron chi connectivity index (χ2n) is 7.92. The van der Waals surface area contributed by atoms with Crippen LogP contribution in [0.1, 0.15) is 43.5 Å². The summed E-state index contributed by atoms with van der Waals surface area (Å²) in [6.45, 7) is 5.48. The summed E-state index contributed by atoms with van der Waals surface area (Å²) < 4.78 is 26.8. The van der Waals surface area contributed by atoms with Gasteiger partial charge in [0.15, 0.2) is 0 Å². The van der Waals surface area contributed by atoms with E-state index in [-0.39, 0.29) is 21.5 Å². The Morgan fingerprint density at radius 1 is 1.03 bits per heavy atom. The quantitative estimate of drug-likeness (QED) is 0.607. The number of nitrogens with one attached hydrogen (secondary N) is 1. The molecule has 1 heterocycles. The molecule has 1 saturated heterocycles. The zero-order valence-electron chi connectivity index (χ0n) is 17.9. The number of nitrogens with zero attached hydrogens (tertiary/aromatic N) is 2. The fourth-order valence-corrected chi connectivity index (χ4v) is 5.35. The number of halogens is 2. The second-order valence-corrected chi connectivity index (χ2v) is 10.7. The Kier molecular flexibility index (Phi) is 7.52. The van der Waals surface area contributed by atoms with Gasteiger partial charge in [0.05, 0.1) is 26.2 Å². The van der Waals surface area contributed by atoms with Crippen molar-refractivity contribution in [1.82, 2.24) is 4.31 Å². The summed E-state index contributed by atoms with van der Waals surface area (Å²) in [7, 11) is -2.24. The average molecular weight is 484 g/mol. The van der Waals surface area contributed by atoms with Crippen molar-refractivity contribution < 1.29 is 13.2 Å². The van der Waals surface area contributed by atoms with E-state index in [4.69, 9.17) is 23.2 Å². The van der Waals surface area contributed by atoms with Gasteiger partial charge >= 0.3 is 0 Å². The predicted octanol–water partition coefficient (Wildman–Crippen LogP) is 5.26. The van der Waals surface area contributed by atoms with Crippen LogP contribution in [0.4, 0.5) is 11.4 Å². The number of carbonyl (C=O) groups excluding carboxylic acids is 1. The molecule has 0 spiro atoms. The molecular formula is C22H27Cl2N3O3S. The molecule has 1 N–H and O–H groups in total. The molecule has 9 heteroatoms. The first-order valence-electron chi connectivity index (χ1n) is 10.2. The van der Waals surface area contributed by atoms with Crippen LogP contribution in [-0.2, 0) is 10.0 Å². The number of piperidine rings is 1. The molecule has 2 aromatic carbocycles. The van der Waals surface area contributed by atoms with E-state index in [2.05, 4.69) is 10.2 Å². The molecule has 0 atom stereocenters. The third kappa shape index (κ3) is 5.34. The third-order valence-corrected chi connectivity index (χ3v) is 8.15.